The number of hydrogen-bond acceptors (Lipinski definition) is 3. The molecule has 1 aromatic heterocycles. The Labute approximate surface area is 80.6 Å². The van der Waals surface area contributed by atoms with Crippen molar-refractivity contribution < 1.29 is 14.3 Å². The van der Waals surface area contributed by atoms with Crippen molar-refractivity contribution in [2.45, 2.75) is 18.9 Å². The highest BCUT2D eigenvalue weighted by Gasteiger charge is 2.35. The number of pyridine rings is 1. The molecule has 1 heterocycles. The van der Waals surface area contributed by atoms with Crippen LogP contribution in [0.1, 0.15) is 19.0 Å². The van der Waals surface area contributed by atoms with Crippen molar-refractivity contribution in [2.24, 2.45) is 5.73 Å². The Morgan fingerprint density at radius 2 is 2.36 bits per heavy atom. The van der Waals surface area contributed by atoms with Gasteiger partial charge >= 0.3 is 5.97 Å². The molecule has 0 spiro atoms. The van der Waals surface area contributed by atoms with Crippen LogP contribution in [0.2, 0.25) is 0 Å². The second-order valence-corrected chi connectivity index (χ2v) is 2.99. The quantitative estimate of drug-likeness (QED) is 0.755. The molecule has 3 N–H and O–H groups in total. The third-order valence-corrected chi connectivity index (χ3v) is 2.12. The molecule has 1 rings (SSSR count). The fourth-order valence-electron chi connectivity index (χ4n) is 1.08. The van der Waals surface area contributed by atoms with Gasteiger partial charge in [0.05, 0.1) is 11.9 Å². The van der Waals surface area contributed by atoms with E-state index in [1.807, 2.05) is 0 Å². The van der Waals surface area contributed by atoms with Gasteiger partial charge in [0.2, 0.25) is 0 Å². The van der Waals surface area contributed by atoms with Crippen LogP contribution in [0.3, 0.4) is 0 Å². The van der Waals surface area contributed by atoms with Crippen molar-refractivity contribution in [2.75, 3.05) is 0 Å². The number of nitrogens with two attached hydrogens (primary N) is 1. The van der Waals surface area contributed by atoms with Gasteiger partial charge in [-0.3, -0.25) is 4.98 Å². The minimum atomic E-state index is -1.53. The first-order valence-electron chi connectivity index (χ1n) is 4.15. The van der Waals surface area contributed by atoms with Gasteiger partial charge in [-0.15, -0.1) is 0 Å². The van der Waals surface area contributed by atoms with E-state index in [0.717, 1.165) is 12.3 Å². The first kappa shape index (κ1) is 10.6. The van der Waals surface area contributed by atoms with E-state index in [4.69, 9.17) is 10.8 Å². The lowest BCUT2D eigenvalue weighted by Crippen LogP contribution is -2.44. The number of hydrogen-bond donors (Lipinski definition) is 2. The summed E-state index contributed by atoms with van der Waals surface area (Å²) in [6.07, 6.45) is 1.15. The molecule has 0 aliphatic carbocycles. The number of aliphatic carboxylic acids is 1. The molecular formula is C9H11FN2O2. The van der Waals surface area contributed by atoms with Gasteiger partial charge < -0.3 is 10.8 Å². The smallest absolute Gasteiger partial charge is 0.329 e. The first-order valence-corrected chi connectivity index (χ1v) is 4.15. The maximum atomic E-state index is 12.5. The zero-order valence-corrected chi connectivity index (χ0v) is 7.70. The van der Waals surface area contributed by atoms with E-state index in [9.17, 15) is 9.18 Å². The molecule has 0 aliphatic rings. The SMILES string of the molecule is CCC(N)(C(=O)O)c1ccc(F)cn1. The van der Waals surface area contributed by atoms with E-state index >= 15 is 0 Å². The summed E-state index contributed by atoms with van der Waals surface area (Å²) in [6, 6.07) is 2.43. The van der Waals surface area contributed by atoms with Crippen LogP contribution in [0, 0.1) is 5.82 Å². The Kier molecular flexibility index (Phi) is 2.81. The molecule has 5 heteroatoms. The number of carboxylic acid groups (broad SMARTS) is 1. The van der Waals surface area contributed by atoms with E-state index in [0.29, 0.717) is 0 Å². The van der Waals surface area contributed by atoms with Crippen LogP contribution < -0.4 is 5.73 Å². The molecule has 0 amide bonds. The molecular weight excluding hydrogens is 187 g/mol. The van der Waals surface area contributed by atoms with E-state index < -0.39 is 17.3 Å². The van der Waals surface area contributed by atoms with Crippen molar-refractivity contribution in [3.63, 3.8) is 0 Å². The molecule has 1 atom stereocenters. The maximum absolute atomic E-state index is 12.5. The Hall–Kier alpha value is -1.49. The van der Waals surface area contributed by atoms with E-state index in [-0.39, 0.29) is 12.1 Å². The van der Waals surface area contributed by atoms with Gasteiger partial charge in [0.25, 0.3) is 0 Å². The number of carboxylic acids is 1. The summed E-state index contributed by atoms with van der Waals surface area (Å²) < 4.78 is 12.5. The van der Waals surface area contributed by atoms with Gasteiger partial charge in [-0.2, -0.15) is 0 Å². The molecule has 0 saturated heterocycles. The van der Waals surface area contributed by atoms with Gasteiger partial charge in [0.15, 0.2) is 5.54 Å². The molecule has 0 radical (unpaired) electrons. The zero-order chi connectivity index (χ0) is 10.8. The topological polar surface area (TPSA) is 76.2 Å². The first-order chi connectivity index (χ1) is 6.50. The lowest BCUT2D eigenvalue weighted by Gasteiger charge is -2.21. The summed E-state index contributed by atoms with van der Waals surface area (Å²) in [6.45, 7) is 1.64. The van der Waals surface area contributed by atoms with Crippen LogP contribution in [0.4, 0.5) is 4.39 Å². The van der Waals surface area contributed by atoms with Crippen molar-refractivity contribution in [1.29, 1.82) is 0 Å². The van der Waals surface area contributed by atoms with E-state index in [1.165, 1.54) is 6.07 Å². The van der Waals surface area contributed by atoms with Crippen molar-refractivity contribution in [1.82, 2.24) is 4.98 Å². The standard InChI is InChI=1S/C9H11FN2O2/c1-2-9(11,8(13)14)7-4-3-6(10)5-12-7/h3-5H,2,11H2,1H3,(H,13,14). The average Bonchev–Trinajstić information content (AvgIpc) is 2.17. The number of rotatable bonds is 3. The number of carbonyl (C=O) groups is 1. The Morgan fingerprint density at radius 1 is 1.71 bits per heavy atom. The fourth-order valence-corrected chi connectivity index (χ4v) is 1.08. The minimum Gasteiger partial charge on any atom is -0.480 e. The Morgan fingerprint density at radius 3 is 2.71 bits per heavy atom. The largest absolute Gasteiger partial charge is 0.480 e. The zero-order valence-electron chi connectivity index (χ0n) is 7.70. The molecule has 76 valence electrons. The summed E-state index contributed by atoms with van der Waals surface area (Å²) >= 11 is 0. The average molecular weight is 198 g/mol. The summed E-state index contributed by atoms with van der Waals surface area (Å²) in [5.74, 6) is -1.68. The Balaban J connectivity index is 3.13. The third-order valence-electron chi connectivity index (χ3n) is 2.12. The molecule has 0 saturated carbocycles. The lowest BCUT2D eigenvalue weighted by molar-refractivity contribution is -0.144. The van der Waals surface area contributed by atoms with Crippen LogP contribution in [-0.2, 0) is 10.3 Å². The van der Waals surface area contributed by atoms with Gasteiger partial charge in [0, 0.05) is 0 Å². The predicted molar refractivity (Wildman–Crippen MR) is 48.0 cm³/mol. The number of nitrogens with zero attached hydrogens (tertiary/aromatic N) is 1. The van der Waals surface area contributed by atoms with Crippen LogP contribution in [-0.4, -0.2) is 16.1 Å². The van der Waals surface area contributed by atoms with Crippen LogP contribution in [0.15, 0.2) is 18.3 Å². The fraction of sp³-hybridized carbons (Fsp3) is 0.333. The summed E-state index contributed by atoms with van der Waals surface area (Å²) in [5, 5.41) is 8.90. The molecule has 4 nitrogen and oxygen atoms in total. The minimum absolute atomic E-state index is 0.161. The normalized spacial score (nSPS) is 14.8. The molecule has 0 bridgehead atoms. The molecule has 0 fully saturated rings. The maximum Gasteiger partial charge on any atom is 0.329 e. The summed E-state index contributed by atoms with van der Waals surface area (Å²) in [4.78, 5) is 14.5. The molecule has 14 heavy (non-hydrogen) atoms. The highest BCUT2D eigenvalue weighted by molar-refractivity contribution is 5.79. The summed E-state index contributed by atoms with van der Waals surface area (Å²) in [7, 11) is 0. The highest BCUT2D eigenvalue weighted by atomic mass is 19.1. The van der Waals surface area contributed by atoms with Gasteiger partial charge in [-0.25, -0.2) is 9.18 Å². The van der Waals surface area contributed by atoms with Crippen LogP contribution >= 0.6 is 0 Å². The van der Waals surface area contributed by atoms with Gasteiger partial charge in [-0.1, -0.05) is 6.92 Å². The number of aromatic nitrogens is 1. The predicted octanol–water partition coefficient (Wildman–Crippen LogP) is 0.869. The molecule has 0 aromatic carbocycles. The van der Waals surface area contributed by atoms with Gasteiger partial charge in [-0.05, 0) is 18.6 Å². The Bertz CT molecular complexity index is 339. The van der Waals surface area contributed by atoms with Gasteiger partial charge in [0.1, 0.15) is 5.82 Å². The third kappa shape index (κ3) is 1.72. The van der Waals surface area contributed by atoms with Crippen molar-refractivity contribution >= 4 is 5.97 Å². The van der Waals surface area contributed by atoms with Crippen LogP contribution in [0.25, 0.3) is 0 Å². The second-order valence-electron chi connectivity index (χ2n) is 2.99. The van der Waals surface area contributed by atoms with Crippen molar-refractivity contribution in [3.05, 3.63) is 29.8 Å². The summed E-state index contributed by atoms with van der Waals surface area (Å²) in [5.41, 5.74) is 4.25. The van der Waals surface area contributed by atoms with Crippen LogP contribution in [0.5, 0.6) is 0 Å². The molecule has 1 aromatic rings. The highest BCUT2D eigenvalue weighted by Crippen LogP contribution is 2.20. The molecule has 1 unspecified atom stereocenters. The lowest BCUT2D eigenvalue weighted by atomic mass is 9.93. The molecule has 0 aliphatic heterocycles. The monoisotopic (exact) mass is 198 g/mol. The van der Waals surface area contributed by atoms with E-state index in [1.54, 1.807) is 6.92 Å². The number of halogens is 1. The van der Waals surface area contributed by atoms with Crippen molar-refractivity contribution in [3.8, 4) is 0 Å². The second kappa shape index (κ2) is 3.71. The van der Waals surface area contributed by atoms with E-state index in [2.05, 4.69) is 4.98 Å².